The summed E-state index contributed by atoms with van der Waals surface area (Å²) in [6.07, 6.45) is -2.74. The van der Waals surface area contributed by atoms with Gasteiger partial charge in [0.1, 0.15) is 5.75 Å². The number of hydrogen-bond donors (Lipinski definition) is 2. The maximum absolute atomic E-state index is 13.4. The summed E-state index contributed by atoms with van der Waals surface area (Å²) in [6.45, 7) is 1.49. The molecule has 6 nitrogen and oxygen atoms in total. The lowest BCUT2D eigenvalue weighted by Gasteiger charge is -2.29. The van der Waals surface area contributed by atoms with Gasteiger partial charge in [-0.2, -0.15) is 13.2 Å². The zero-order valence-electron chi connectivity index (χ0n) is 17.1. The van der Waals surface area contributed by atoms with E-state index >= 15 is 0 Å². The van der Waals surface area contributed by atoms with Crippen LogP contribution in [0.5, 0.6) is 5.75 Å². The van der Waals surface area contributed by atoms with Gasteiger partial charge in [0.25, 0.3) is 5.91 Å². The van der Waals surface area contributed by atoms with E-state index in [4.69, 9.17) is 4.74 Å². The predicted molar refractivity (Wildman–Crippen MR) is 109 cm³/mol. The van der Waals surface area contributed by atoms with Crippen molar-refractivity contribution in [3.63, 3.8) is 0 Å². The average molecular weight is 436 g/mol. The van der Waals surface area contributed by atoms with E-state index in [-0.39, 0.29) is 11.6 Å². The van der Waals surface area contributed by atoms with Gasteiger partial charge in [-0.15, -0.1) is 0 Å². The topological polar surface area (TPSA) is 78.9 Å². The molecule has 0 bridgehead atoms. The van der Waals surface area contributed by atoms with E-state index in [0.717, 1.165) is 31.9 Å². The number of benzene rings is 2. The number of carbonyl (C=O) groups is 2. The predicted octanol–water partition coefficient (Wildman–Crippen LogP) is 4.08. The van der Waals surface area contributed by atoms with E-state index in [1.807, 2.05) is 0 Å². The van der Waals surface area contributed by atoms with Gasteiger partial charge >= 0.3 is 6.18 Å². The number of methoxy groups -OCH3 is 1. The van der Waals surface area contributed by atoms with Crippen LogP contribution in [0.15, 0.2) is 42.5 Å². The molecule has 166 valence electrons. The molecule has 0 aromatic heterocycles. The first-order valence-corrected chi connectivity index (χ1v) is 9.74. The van der Waals surface area contributed by atoms with Gasteiger partial charge in [-0.05, 0) is 44.0 Å². The van der Waals surface area contributed by atoms with Crippen LogP contribution in [0.1, 0.15) is 37.3 Å². The largest absolute Gasteiger partial charge is 0.495 e. The highest BCUT2D eigenvalue weighted by Gasteiger charge is 2.42. The molecular formula is C22H23F3N2O4. The summed E-state index contributed by atoms with van der Waals surface area (Å²) >= 11 is 0. The number of hydrogen-bond acceptors (Lipinski definition) is 4. The van der Waals surface area contributed by atoms with Crippen molar-refractivity contribution in [2.45, 2.75) is 38.0 Å². The molecule has 1 aliphatic heterocycles. The Bertz CT molecular complexity index is 989. The first-order chi connectivity index (χ1) is 14.6. The van der Waals surface area contributed by atoms with Crippen molar-refractivity contribution in [2.24, 2.45) is 0 Å². The quantitative estimate of drug-likeness (QED) is 0.741. The van der Waals surface area contributed by atoms with Crippen molar-refractivity contribution >= 4 is 23.2 Å². The maximum atomic E-state index is 13.4. The van der Waals surface area contributed by atoms with E-state index in [1.165, 1.54) is 31.4 Å². The molecule has 0 spiro atoms. The molecule has 3 rings (SSSR count). The van der Waals surface area contributed by atoms with Gasteiger partial charge in [0.05, 0.1) is 18.4 Å². The second-order valence-corrected chi connectivity index (χ2v) is 7.46. The molecule has 1 fully saturated rings. The molecule has 0 saturated carbocycles. The summed E-state index contributed by atoms with van der Waals surface area (Å²) in [5.41, 5.74) is -3.44. The van der Waals surface area contributed by atoms with Gasteiger partial charge in [-0.25, -0.2) is 0 Å². The van der Waals surface area contributed by atoms with Crippen LogP contribution in [-0.2, 0) is 21.4 Å². The summed E-state index contributed by atoms with van der Waals surface area (Å²) in [7, 11) is 1.45. The van der Waals surface area contributed by atoms with Crippen LogP contribution < -0.4 is 15.0 Å². The number of amides is 2. The number of carbonyl (C=O) groups excluding carboxylic acids is 2. The first kappa shape index (κ1) is 22.6. The van der Waals surface area contributed by atoms with E-state index in [2.05, 4.69) is 5.32 Å². The van der Waals surface area contributed by atoms with Crippen LogP contribution in [0.25, 0.3) is 0 Å². The Morgan fingerprint density at radius 1 is 1.13 bits per heavy atom. The van der Waals surface area contributed by atoms with Crippen molar-refractivity contribution in [1.29, 1.82) is 0 Å². The number of rotatable bonds is 5. The normalized spacial score (nSPS) is 16.6. The molecule has 2 N–H and O–H groups in total. The summed E-state index contributed by atoms with van der Waals surface area (Å²) < 4.78 is 45.4. The minimum Gasteiger partial charge on any atom is -0.495 e. The first-order valence-electron chi connectivity index (χ1n) is 9.74. The minimum absolute atomic E-state index is 0.0841. The Kier molecular flexibility index (Phi) is 6.26. The zero-order valence-corrected chi connectivity index (χ0v) is 17.1. The Labute approximate surface area is 177 Å². The van der Waals surface area contributed by atoms with Gasteiger partial charge in [-0.1, -0.05) is 18.2 Å². The van der Waals surface area contributed by atoms with E-state index in [1.54, 1.807) is 11.0 Å². The Morgan fingerprint density at radius 2 is 1.81 bits per heavy atom. The van der Waals surface area contributed by atoms with Gasteiger partial charge in [-0.3, -0.25) is 9.59 Å². The third kappa shape index (κ3) is 4.66. The summed E-state index contributed by atoms with van der Waals surface area (Å²) in [5.74, 6) is -0.702. The van der Waals surface area contributed by atoms with Crippen LogP contribution in [0.3, 0.4) is 0 Å². The summed E-state index contributed by atoms with van der Waals surface area (Å²) in [5, 5.41) is 13.2. The fourth-order valence-electron chi connectivity index (χ4n) is 3.57. The van der Waals surface area contributed by atoms with Crippen molar-refractivity contribution in [3.8, 4) is 5.75 Å². The average Bonchev–Trinajstić information content (AvgIpc) is 2.73. The molecule has 1 aliphatic rings. The number of ether oxygens (including phenoxy) is 1. The van der Waals surface area contributed by atoms with Crippen LogP contribution in [0.4, 0.5) is 24.5 Å². The third-order valence-electron chi connectivity index (χ3n) is 5.25. The lowest BCUT2D eigenvalue weighted by Crippen LogP contribution is -2.39. The molecule has 2 aromatic carbocycles. The van der Waals surface area contributed by atoms with Crippen molar-refractivity contribution in [3.05, 3.63) is 53.6 Å². The van der Waals surface area contributed by atoms with Gasteiger partial charge in [0.15, 0.2) is 5.60 Å². The number of piperidine rings is 1. The molecule has 2 aromatic rings. The molecule has 1 atom stereocenters. The fraction of sp³-hybridized carbons (Fsp3) is 0.364. The minimum atomic E-state index is -4.73. The number of anilines is 2. The third-order valence-corrected chi connectivity index (χ3v) is 5.25. The van der Waals surface area contributed by atoms with E-state index in [9.17, 15) is 27.9 Å². The molecule has 2 amide bonds. The monoisotopic (exact) mass is 436 g/mol. The molecule has 31 heavy (non-hydrogen) atoms. The highest BCUT2D eigenvalue weighted by atomic mass is 19.4. The zero-order chi connectivity index (χ0) is 22.8. The fourth-order valence-corrected chi connectivity index (χ4v) is 3.57. The molecule has 9 heteroatoms. The number of aliphatic hydroxyl groups is 1. The second kappa shape index (κ2) is 8.58. The molecular weight excluding hydrogens is 413 g/mol. The Morgan fingerprint density at radius 3 is 2.42 bits per heavy atom. The highest BCUT2D eigenvalue weighted by Crippen LogP contribution is 2.38. The molecule has 0 radical (unpaired) electrons. The van der Waals surface area contributed by atoms with Crippen LogP contribution in [-0.4, -0.2) is 30.6 Å². The van der Waals surface area contributed by atoms with Crippen molar-refractivity contribution < 1.29 is 32.6 Å². The van der Waals surface area contributed by atoms with Crippen molar-refractivity contribution in [2.75, 3.05) is 23.9 Å². The second-order valence-electron chi connectivity index (χ2n) is 7.46. The van der Waals surface area contributed by atoms with E-state index in [0.29, 0.717) is 24.4 Å². The van der Waals surface area contributed by atoms with E-state index < -0.39 is 28.8 Å². The lowest BCUT2D eigenvalue weighted by molar-refractivity contribution is -0.143. The number of halogens is 3. The summed E-state index contributed by atoms with van der Waals surface area (Å²) in [6, 6.07) is 8.92. The molecule has 1 heterocycles. The maximum Gasteiger partial charge on any atom is 0.416 e. The molecule has 0 aliphatic carbocycles. The Balaban J connectivity index is 1.91. The standard InChI is InChI=1S/C22H23F3N2O4/c1-21(30,15-7-3-4-8-16(15)22(23,24)25)20(29)26-14-10-11-18(31-2)17(13-14)27-12-6-5-9-19(27)28/h3-4,7-8,10-11,13,30H,5-6,9,12H2,1-2H3,(H,26,29)/t21-/m0/s1. The number of nitrogens with one attached hydrogen (secondary N) is 1. The lowest BCUT2D eigenvalue weighted by atomic mass is 9.90. The van der Waals surface area contributed by atoms with Crippen LogP contribution in [0, 0.1) is 0 Å². The molecule has 0 unspecified atom stereocenters. The summed E-state index contributed by atoms with van der Waals surface area (Å²) in [4.78, 5) is 26.6. The number of nitrogens with zero attached hydrogens (tertiary/aromatic N) is 1. The van der Waals surface area contributed by atoms with Crippen LogP contribution >= 0.6 is 0 Å². The highest BCUT2D eigenvalue weighted by molar-refractivity contribution is 6.00. The smallest absolute Gasteiger partial charge is 0.416 e. The van der Waals surface area contributed by atoms with Gasteiger partial charge in [0.2, 0.25) is 5.91 Å². The number of alkyl halides is 3. The van der Waals surface area contributed by atoms with Gasteiger partial charge in [0, 0.05) is 24.2 Å². The van der Waals surface area contributed by atoms with Crippen LogP contribution in [0.2, 0.25) is 0 Å². The SMILES string of the molecule is COc1ccc(NC(=O)[C@@](C)(O)c2ccccc2C(F)(F)F)cc1N1CCCCC1=O. The van der Waals surface area contributed by atoms with Crippen molar-refractivity contribution in [1.82, 2.24) is 0 Å². The van der Waals surface area contributed by atoms with Gasteiger partial charge < -0.3 is 20.1 Å². The Hall–Kier alpha value is -3.07. The molecule has 1 saturated heterocycles.